The molecule has 0 aliphatic rings. The Morgan fingerprint density at radius 2 is 1.68 bits per heavy atom. The second kappa shape index (κ2) is 7.15. The topological polar surface area (TPSA) is 71.3 Å². The van der Waals surface area contributed by atoms with Gasteiger partial charge in [0.1, 0.15) is 0 Å². The van der Waals surface area contributed by atoms with Crippen LogP contribution < -0.4 is 10.6 Å². The number of nitrogens with zero attached hydrogens (tertiary/aromatic N) is 3. The molecule has 2 aromatic heterocycles. The van der Waals surface area contributed by atoms with Crippen LogP contribution in [0.15, 0.2) is 60.9 Å². The standard InChI is InChI=1S/C22H21N5O/c1-14-10-15(2)12-19(11-14)25-22(28)24-18-7-4-6-17(13-18)20-16(3)27-9-5-8-23-21(27)26-20/h4-13H,1-3H3,(H2,24,25,28). The van der Waals surface area contributed by atoms with E-state index in [1.54, 1.807) is 6.20 Å². The van der Waals surface area contributed by atoms with Crippen molar-refractivity contribution < 1.29 is 4.79 Å². The first-order valence-corrected chi connectivity index (χ1v) is 9.06. The van der Waals surface area contributed by atoms with E-state index in [-0.39, 0.29) is 6.03 Å². The molecule has 4 aromatic rings. The number of benzene rings is 2. The van der Waals surface area contributed by atoms with Crippen LogP contribution >= 0.6 is 0 Å². The van der Waals surface area contributed by atoms with Gasteiger partial charge in [-0.15, -0.1) is 0 Å². The van der Waals surface area contributed by atoms with E-state index in [9.17, 15) is 4.79 Å². The maximum Gasteiger partial charge on any atom is 0.323 e. The zero-order chi connectivity index (χ0) is 19.7. The second-order valence-corrected chi connectivity index (χ2v) is 6.87. The van der Waals surface area contributed by atoms with Crippen LogP contribution in [0.25, 0.3) is 17.0 Å². The van der Waals surface area contributed by atoms with Gasteiger partial charge in [0.05, 0.1) is 5.69 Å². The van der Waals surface area contributed by atoms with E-state index in [1.165, 1.54) is 0 Å². The summed E-state index contributed by atoms with van der Waals surface area (Å²) in [4.78, 5) is 21.3. The first-order chi connectivity index (χ1) is 13.5. The van der Waals surface area contributed by atoms with Crippen molar-refractivity contribution in [3.63, 3.8) is 0 Å². The minimum Gasteiger partial charge on any atom is -0.308 e. The molecule has 2 N–H and O–H groups in total. The first-order valence-electron chi connectivity index (χ1n) is 9.06. The van der Waals surface area contributed by atoms with E-state index < -0.39 is 0 Å². The smallest absolute Gasteiger partial charge is 0.308 e. The molecule has 4 rings (SSSR count). The van der Waals surface area contributed by atoms with E-state index >= 15 is 0 Å². The Balaban J connectivity index is 1.56. The first kappa shape index (κ1) is 17.7. The number of carbonyl (C=O) groups is 1. The molecule has 2 amide bonds. The minimum absolute atomic E-state index is 0.282. The van der Waals surface area contributed by atoms with Gasteiger partial charge < -0.3 is 10.6 Å². The molecule has 6 nitrogen and oxygen atoms in total. The third-order valence-corrected chi connectivity index (χ3v) is 4.52. The average Bonchev–Trinajstić information content (AvgIpc) is 2.98. The van der Waals surface area contributed by atoms with Crippen molar-refractivity contribution >= 4 is 23.2 Å². The number of aromatic nitrogens is 3. The van der Waals surface area contributed by atoms with Gasteiger partial charge in [-0.2, -0.15) is 0 Å². The van der Waals surface area contributed by atoms with E-state index in [4.69, 9.17) is 0 Å². The van der Waals surface area contributed by atoms with Gasteiger partial charge in [0.15, 0.2) is 0 Å². The molecule has 2 heterocycles. The zero-order valence-electron chi connectivity index (χ0n) is 16.0. The largest absolute Gasteiger partial charge is 0.323 e. The summed E-state index contributed by atoms with van der Waals surface area (Å²) in [5.41, 5.74) is 6.45. The van der Waals surface area contributed by atoms with Gasteiger partial charge >= 0.3 is 6.03 Å². The Bertz CT molecular complexity index is 1160. The summed E-state index contributed by atoms with van der Waals surface area (Å²) in [6, 6.07) is 15.2. The summed E-state index contributed by atoms with van der Waals surface area (Å²) in [6.07, 6.45) is 3.66. The Kier molecular flexibility index (Phi) is 4.53. The van der Waals surface area contributed by atoms with E-state index in [1.807, 2.05) is 73.8 Å². The van der Waals surface area contributed by atoms with Crippen LogP contribution in [-0.2, 0) is 0 Å². The van der Waals surface area contributed by atoms with Crippen LogP contribution in [0.2, 0.25) is 0 Å². The lowest BCUT2D eigenvalue weighted by atomic mass is 10.1. The fourth-order valence-electron chi connectivity index (χ4n) is 3.36. The maximum absolute atomic E-state index is 12.4. The van der Waals surface area contributed by atoms with Crippen molar-refractivity contribution in [2.45, 2.75) is 20.8 Å². The van der Waals surface area contributed by atoms with E-state index in [0.29, 0.717) is 11.5 Å². The van der Waals surface area contributed by atoms with Gasteiger partial charge in [-0.1, -0.05) is 18.2 Å². The second-order valence-electron chi connectivity index (χ2n) is 6.87. The zero-order valence-corrected chi connectivity index (χ0v) is 16.0. The molecule has 6 heteroatoms. The van der Waals surface area contributed by atoms with E-state index in [0.717, 1.165) is 33.8 Å². The summed E-state index contributed by atoms with van der Waals surface area (Å²) in [5.74, 6) is 0.654. The number of urea groups is 1. The molecule has 0 radical (unpaired) electrons. The van der Waals surface area contributed by atoms with Crippen molar-refractivity contribution in [2.75, 3.05) is 10.6 Å². The number of anilines is 2. The Morgan fingerprint density at radius 3 is 2.43 bits per heavy atom. The van der Waals surface area contributed by atoms with Crippen LogP contribution in [0, 0.1) is 20.8 Å². The normalized spacial score (nSPS) is 10.8. The third kappa shape index (κ3) is 3.57. The third-order valence-electron chi connectivity index (χ3n) is 4.52. The minimum atomic E-state index is -0.282. The summed E-state index contributed by atoms with van der Waals surface area (Å²) >= 11 is 0. The lowest BCUT2D eigenvalue weighted by Crippen LogP contribution is -2.19. The Hall–Kier alpha value is -3.67. The van der Waals surface area contributed by atoms with Crippen molar-refractivity contribution in [3.05, 3.63) is 77.7 Å². The molecule has 0 saturated carbocycles. The van der Waals surface area contributed by atoms with Crippen LogP contribution in [0.3, 0.4) is 0 Å². The molecule has 0 aliphatic heterocycles. The molecule has 2 aromatic carbocycles. The highest BCUT2D eigenvalue weighted by Crippen LogP contribution is 2.25. The predicted octanol–water partition coefficient (Wildman–Crippen LogP) is 4.97. The predicted molar refractivity (Wildman–Crippen MR) is 112 cm³/mol. The molecule has 0 fully saturated rings. The summed E-state index contributed by atoms with van der Waals surface area (Å²) in [6.45, 7) is 6.01. The van der Waals surface area contributed by atoms with Gasteiger partial charge in [0.2, 0.25) is 5.78 Å². The maximum atomic E-state index is 12.4. The fraction of sp³-hybridized carbons (Fsp3) is 0.136. The fourth-order valence-corrected chi connectivity index (χ4v) is 3.36. The number of carbonyl (C=O) groups excluding carboxylic acids is 1. The van der Waals surface area contributed by atoms with Crippen molar-refractivity contribution in [3.8, 4) is 11.3 Å². The lowest BCUT2D eigenvalue weighted by Gasteiger charge is -2.10. The molecule has 0 spiro atoms. The van der Waals surface area contributed by atoms with Gasteiger partial charge in [-0.05, 0) is 62.2 Å². The molecule has 140 valence electrons. The number of nitrogens with one attached hydrogen (secondary N) is 2. The van der Waals surface area contributed by atoms with Crippen LogP contribution in [0.4, 0.5) is 16.2 Å². The molecule has 28 heavy (non-hydrogen) atoms. The number of hydrogen-bond acceptors (Lipinski definition) is 3. The number of amides is 2. The molecule has 0 unspecified atom stereocenters. The van der Waals surface area contributed by atoms with Gasteiger partial charge in [-0.25, -0.2) is 14.8 Å². The number of rotatable bonds is 3. The van der Waals surface area contributed by atoms with Crippen LogP contribution in [0.5, 0.6) is 0 Å². The Labute approximate surface area is 163 Å². The number of fused-ring (bicyclic) bond motifs is 1. The molecule has 0 aliphatic carbocycles. The average molecular weight is 371 g/mol. The van der Waals surface area contributed by atoms with Crippen LogP contribution in [-0.4, -0.2) is 20.4 Å². The van der Waals surface area contributed by atoms with Crippen molar-refractivity contribution in [1.82, 2.24) is 14.4 Å². The number of imidazole rings is 1. The van der Waals surface area contributed by atoms with Crippen molar-refractivity contribution in [1.29, 1.82) is 0 Å². The van der Waals surface area contributed by atoms with Gasteiger partial charge in [-0.3, -0.25) is 4.40 Å². The molecule has 0 saturated heterocycles. The van der Waals surface area contributed by atoms with Crippen molar-refractivity contribution in [2.24, 2.45) is 0 Å². The highest BCUT2D eigenvalue weighted by Gasteiger charge is 2.12. The SMILES string of the molecule is Cc1cc(C)cc(NC(=O)Nc2cccc(-c3nc4ncccn4c3C)c2)c1. The lowest BCUT2D eigenvalue weighted by molar-refractivity contribution is 0.262. The highest BCUT2D eigenvalue weighted by molar-refractivity contribution is 6.00. The molecule has 0 bridgehead atoms. The summed E-state index contributed by atoms with van der Waals surface area (Å²) in [7, 11) is 0. The molecular weight excluding hydrogens is 350 g/mol. The molecular formula is C22H21N5O. The van der Waals surface area contributed by atoms with Gasteiger partial charge in [0, 0.05) is 35.0 Å². The highest BCUT2D eigenvalue weighted by atomic mass is 16.2. The van der Waals surface area contributed by atoms with Crippen LogP contribution in [0.1, 0.15) is 16.8 Å². The number of hydrogen-bond donors (Lipinski definition) is 2. The Morgan fingerprint density at radius 1 is 0.929 bits per heavy atom. The quantitative estimate of drug-likeness (QED) is 0.534. The summed E-state index contributed by atoms with van der Waals surface area (Å²) < 4.78 is 1.95. The molecule has 0 atom stereocenters. The summed E-state index contributed by atoms with van der Waals surface area (Å²) in [5, 5.41) is 5.78. The number of aryl methyl sites for hydroxylation is 3. The monoisotopic (exact) mass is 371 g/mol. The van der Waals surface area contributed by atoms with Gasteiger partial charge in [0.25, 0.3) is 0 Å². The van der Waals surface area contributed by atoms with E-state index in [2.05, 4.69) is 26.7 Å².